The standard InChI is InChI=1S/C20H32N3O5.Fe/c1-15-10-23-9-7-21(11-16-4-2-3-5-18(16)26)6-8-22(12-20(23)28-15)17(13-24)19(27)14-25;/h2-5,15,17,19,24-27H,6-14H2,1H3;/q-1;+4/t15-,17+,19+;/m0./s1. The fourth-order valence-electron chi connectivity index (χ4n) is 3.93. The Kier molecular flexibility index (Phi) is 9.81. The molecule has 3 atom stereocenters. The molecule has 8 nitrogen and oxygen atoms in total. The van der Waals surface area contributed by atoms with E-state index in [9.17, 15) is 20.4 Å². The number of hydrogen-bond acceptors (Lipinski definition) is 8. The number of rotatable bonds is 6. The van der Waals surface area contributed by atoms with E-state index in [1.807, 2.05) is 30.0 Å². The first kappa shape index (κ1) is 24.5. The SMILES string of the molecule is C[C@H]1CN2CCN(Cc3ccccc3O)CCN([C@H](CO)[C@H](O)CO)C[C-]2O1.[Fe+4]. The van der Waals surface area contributed by atoms with Crippen molar-refractivity contribution in [2.75, 3.05) is 52.5 Å². The van der Waals surface area contributed by atoms with Gasteiger partial charge >= 0.3 is 17.1 Å². The predicted molar refractivity (Wildman–Crippen MR) is 104 cm³/mol. The third-order valence-corrected chi connectivity index (χ3v) is 5.57. The summed E-state index contributed by atoms with van der Waals surface area (Å²) in [7, 11) is 0. The Morgan fingerprint density at radius 2 is 1.86 bits per heavy atom. The number of phenolic OH excluding ortho intramolecular Hbond substituents is 1. The van der Waals surface area contributed by atoms with Gasteiger partial charge in [-0.3, -0.25) is 4.90 Å². The molecule has 0 unspecified atom stereocenters. The van der Waals surface area contributed by atoms with Crippen molar-refractivity contribution in [1.29, 1.82) is 0 Å². The molecule has 4 N–H and O–H groups in total. The molecular weight excluding hydrogens is 418 g/mol. The van der Waals surface area contributed by atoms with Crippen LogP contribution in [0.1, 0.15) is 12.5 Å². The zero-order valence-corrected chi connectivity index (χ0v) is 17.9. The van der Waals surface area contributed by atoms with Gasteiger partial charge in [0.05, 0.1) is 25.4 Å². The third-order valence-electron chi connectivity index (χ3n) is 5.57. The van der Waals surface area contributed by atoms with Crippen LogP contribution in [0.25, 0.3) is 0 Å². The average Bonchev–Trinajstić information content (AvgIpc) is 3.06. The van der Waals surface area contributed by atoms with E-state index in [0.717, 1.165) is 31.4 Å². The summed E-state index contributed by atoms with van der Waals surface area (Å²) in [6.07, 6.45) is -0.0796. The number of aromatic hydroxyl groups is 1. The van der Waals surface area contributed by atoms with E-state index in [2.05, 4.69) is 9.80 Å². The first-order valence-corrected chi connectivity index (χ1v) is 9.92. The van der Waals surface area contributed by atoms with E-state index in [1.165, 1.54) is 0 Å². The molecule has 3 rings (SSSR count). The minimum absolute atomic E-state index is 0. The molecule has 2 fully saturated rings. The molecule has 2 aliphatic rings. The van der Waals surface area contributed by atoms with Crippen LogP contribution in [0.2, 0.25) is 0 Å². The fraction of sp³-hybridized carbons (Fsp3) is 0.650. The Hall–Kier alpha value is -0.741. The summed E-state index contributed by atoms with van der Waals surface area (Å²) >= 11 is 0. The van der Waals surface area contributed by atoms with Crippen LogP contribution < -0.4 is 0 Å². The Balaban J connectivity index is 0.00000300. The van der Waals surface area contributed by atoms with Crippen LogP contribution in [0.4, 0.5) is 0 Å². The number of ether oxygens (including phenoxy) is 1. The maximum Gasteiger partial charge on any atom is 4.00 e. The minimum atomic E-state index is -1.02. The smallest absolute Gasteiger partial charge is 0.530 e. The van der Waals surface area contributed by atoms with Crippen molar-refractivity contribution in [2.24, 2.45) is 0 Å². The first-order valence-electron chi connectivity index (χ1n) is 9.92. The molecule has 0 spiro atoms. The van der Waals surface area contributed by atoms with Crippen molar-refractivity contribution in [3.05, 3.63) is 36.1 Å². The molecule has 29 heavy (non-hydrogen) atoms. The maximum atomic E-state index is 10.2. The van der Waals surface area contributed by atoms with Crippen molar-refractivity contribution >= 4 is 0 Å². The van der Waals surface area contributed by atoms with Gasteiger partial charge in [0.15, 0.2) is 0 Å². The van der Waals surface area contributed by atoms with Crippen LogP contribution >= 0.6 is 0 Å². The van der Waals surface area contributed by atoms with Gasteiger partial charge in [0.2, 0.25) is 0 Å². The number of fused-ring (bicyclic) bond motifs is 1. The Morgan fingerprint density at radius 1 is 1.14 bits per heavy atom. The Labute approximate surface area is 183 Å². The van der Waals surface area contributed by atoms with Gasteiger partial charge in [-0.2, -0.15) is 0 Å². The van der Waals surface area contributed by atoms with Crippen LogP contribution in [-0.2, 0) is 28.4 Å². The topological polar surface area (TPSA) is 99.9 Å². The molecule has 9 heteroatoms. The maximum absolute atomic E-state index is 10.2. The molecule has 1 aromatic carbocycles. The van der Waals surface area contributed by atoms with Crippen molar-refractivity contribution in [2.45, 2.75) is 31.7 Å². The predicted octanol–water partition coefficient (Wildman–Crippen LogP) is -0.568. The van der Waals surface area contributed by atoms with E-state index < -0.39 is 18.8 Å². The zero-order chi connectivity index (χ0) is 20.1. The molecular formula is C20H32FeN3O5+3. The van der Waals surface area contributed by atoms with Gasteiger partial charge in [-0.15, -0.1) is 6.23 Å². The van der Waals surface area contributed by atoms with E-state index in [-0.39, 0.29) is 35.5 Å². The van der Waals surface area contributed by atoms with Crippen molar-refractivity contribution in [1.82, 2.24) is 14.7 Å². The molecule has 162 valence electrons. The molecule has 2 saturated heterocycles. The normalized spacial score (nSPS) is 24.8. The Bertz CT molecular complexity index is 626. The summed E-state index contributed by atoms with van der Waals surface area (Å²) in [4.78, 5) is 6.44. The molecule has 0 saturated carbocycles. The molecule has 0 radical (unpaired) electrons. The average molecular weight is 450 g/mol. The number of hydrogen-bond donors (Lipinski definition) is 4. The van der Waals surface area contributed by atoms with E-state index in [4.69, 9.17) is 4.74 Å². The van der Waals surface area contributed by atoms with Gasteiger partial charge in [-0.05, 0) is 26.1 Å². The second kappa shape index (κ2) is 11.6. The van der Waals surface area contributed by atoms with Gasteiger partial charge in [-0.1, -0.05) is 24.7 Å². The number of aliphatic hydroxyl groups excluding tert-OH is 3. The van der Waals surface area contributed by atoms with E-state index in [1.54, 1.807) is 6.07 Å². The van der Waals surface area contributed by atoms with Crippen LogP contribution in [-0.4, -0.2) is 106 Å². The Morgan fingerprint density at radius 3 is 2.55 bits per heavy atom. The summed E-state index contributed by atoms with van der Waals surface area (Å²) in [6, 6.07) is 6.78. The first-order chi connectivity index (χ1) is 13.5. The molecule has 0 amide bonds. The second-order valence-electron chi connectivity index (χ2n) is 7.64. The van der Waals surface area contributed by atoms with Gasteiger partial charge in [0.25, 0.3) is 0 Å². The summed E-state index contributed by atoms with van der Waals surface area (Å²) in [5.41, 5.74) is 0.873. The van der Waals surface area contributed by atoms with E-state index >= 15 is 0 Å². The van der Waals surface area contributed by atoms with Crippen molar-refractivity contribution in [3.8, 4) is 5.75 Å². The summed E-state index contributed by atoms with van der Waals surface area (Å²) in [6.45, 7) is 6.22. The second-order valence-corrected chi connectivity index (χ2v) is 7.64. The summed E-state index contributed by atoms with van der Waals surface area (Å²) < 4.78 is 5.98. The monoisotopic (exact) mass is 450 g/mol. The minimum Gasteiger partial charge on any atom is -0.530 e. The quantitative estimate of drug-likeness (QED) is 0.338. The van der Waals surface area contributed by atoms with Crippen LogP contribution in [0, 0.1) is 6.23 Å². The fourth-order valence-corrected chi connectivity index (χ4v) is 3.93. The number of aliphatic hydroxyl groups is 3. The van der Waals surface area contributed by atoms with Crippen LogP contribution in [0.5, 0.6) is 5.75 Å². The van der Waals surface area contributed by atoms with Gasteiger partial charge in [-0.25, -0.2) is 0 Å². The van der Waals surface area contributed by atoms with Gasteiger partial charge in [0, 0.05) is 37.8 Å². The largest absolute Gasteiger partial charge is 4.00 e. The van der Waals surface area contributed by atoms with E-state index in [0.29, 0.717) is 26.2 Å². The number of para-hydroxylation sites is 1. The van der Waals surface area contributed by atoms with Crippen molar-refractivity contribution in [3.63, 3.8) is 0 Å². The molecule has 2 aliphatic heterocycles. The summed E-state index contributed by atoms with van der Waals surface area (Å²) in [5.74, 6) is 0.286. The van der Waals surface area contributed by atoms with Gasteiger partial charge in [0.1, 0.15) is 5.75 Å². The third kappa shape index (κ3) is 6.37. The van der Waals surface area contributed by atoms with Gasteiger partial charge < -0.3 is 35.0 Å². The zero-order valence-electron chi connectivity index (χ0n) is 16.8. The number of benzene rings is 1. The number of phenols is 1. The molecule has 1 aromatic rings. The van der Waals surface area contributed by atoms with Crippen LogP contribution in [0.15, 0.2) is 24.3 Å². The van der Waals surface area contributed by atoms with Crippen molar-refractivity contribution < 1.29 is 42.2 Å². The summed E-state index contributed by atoms with van der Waals surface area (Å²) in [5, 5.41) is 39.5. The van der Waals surface area contributed by atoms with Crippen LogP contribution in [0.3, 0.4) is 0 Å². The molecule has 0 aliphatic carbocycles. The number of nitrogens with zero attached hydrogens (tertiary/aromatic N) is 3. The molecule has 2 heterocycles. The molecule has 0 aromatic heterocycles. The molecule has 0 bridgehead atoms.